The number of para-hydroxylation sites is 1. The molecule has 1 atom stereocenters. The molecular weight excluding hydrogens is 326 g/mol. The molecule has 0 spiro atoms. The average Bonchev–Trinajstić information content (AvgIpc) is 2.68. The van der Waals surface area contributed by atoms with Crippen molar-refractivity contribution >= 4 is 17.5 Å². The van der Waals surface area contributed by atoms with Crippen molar-refractivity contribution < 1.29 is 9.59 Å². The number of nitrogens with one attached hydrogen (secondary N) is 1. The molecule has 5 heteroatoms. The first kappa shape index (κ1) is 18.1. The number of amides is 2. The summed E-state index contributed by atoms with van der Waals surface area (Å²) in [5.41, 5.74) is 2.69. The molecule has 1 fully saturated rings. The average molecular weight is 351 g/mol. The van der Waals surface area contributed by atoms with E-state index in [-0.39, 0.29) is 17.9 Å². The van der Waals surface area contributed by atoms with Crippen LogP contribution in [-0.4, -0.2) is 43.4 Å². The van der Waals surface area contributed by atoms with Crippen LogP contribution in [0.2, 0.25) is 0 Å². The van der Waals surface area contributed by atoms with E-state index < -0.39 is 0 Å². The van der Waals surface area contributed by atoms with Gasteiger partial charge in [-0.3, -0.25) is 14.5 Å². The van der Waals surface area contributed by atoms with Crippen molar-refractivity contribution in [3.05, 3.63) is 65.7 Å². The quantitative estimate of drug-likeness (QED) is 0.901. The van der Waals surface area contributed by atoms with Gasteiger partial charge in [0.1, 0.15) is 0 Å². The molecule has 0 aliphatic carbocycles. The number of hydrogen-bond donors (Lipinski definition) is 1. The second kappa shape index (κ2) is 8.15. The highest BCUT2D eigenvalue weighted by Gasteiger charge is 2.32. The third-order valence-corrected chi connectivity index (χ3v) is 4.89. The van der Waals surface area contributed by atoms with Gasteiger partial charge in [0.05, 0.1) is 6.04 Å². The highest BCUT2D eigenvalue weighted by Crippen LogP contribution is 2.24. The van der Waals surface area contributed by atoms with Crippen LogP contribution in [0.25, 0.3) is 0 Å². The molecule has 1 aliphatic rings. The van der Waals surface area contributed by atoms with Gasteiger partial charge in [-0.1, -0.05) is 30.3 Å². The van der Waals surface area contributed by atoms with E-state index in [1.807, 2.05) is 66.5 Å². The molecule has 3 rings (SSSR count). The summed E-state index contributed by atoms with van der Waals surface area (Å²) in [4.78, 5) is 28.6. The summed E-state index contributed by atoms with van der Waals surface area (Å²) in [5, 5.41) is 2.62. The van der Waals surface area contributed by atoms with Crippen molar-refractivity contribution in [1.29, 1.82) is 0 Å². The zero-order valence-electron chi connectivity index (χ0n) is 15.3. The van der Waals surface area contributed by atoms with Crippen molar-refractivity contribution in [3.8, 4) is 0 Å². The van der Waals surface area contributed by atoms with E-state index in [1.165, 1.54) is 0 Å². The number of benzene rings is 2. The summed E-state index contributed by atoms with van der Waals surface area (Å²) < 4.78 is 0. The Morgan fingerprint density at radius 3 is 2.50 bits per heavy atom. The molecule has 136 valence electrons. The Morgan fingerprint density at radius 1 is 1.15 bits per heavy atom. The van der Waals surface area contributed by atoms with Crippen molar-refractivity contribution in [2.24, 2.45) is 0 Å². The lowest BCUT2D eigenvalue weighted by atomic mass is 10.0. The zero-order chi connectivity index (χ0) is 18.5. The lowest BCUT2D eigenvalue weighted by molar-refractivity contribution is -0.125. The van der Waals surface area contributed by atoms with Crippen molar-refractivity contribution in [2.45, 2.75) is 25.4 Å². The third-order valence-electron chi connectivity index (χ3n) is 4.89. The fourth-order valence-corrected chi connectivity index (χ4v) is 3.43. The first-order chi connectivity index (χ1) is 12.6. The Hall–Kier alpha value is -2.66. The van der Waals surface area contributed by atoms with Gasteiger partial charge < -0.3 is 10.2 Å². The number of carbonyl (C=O) groups excluding carboxylic acids is 2. The second-order valence-electron chi connectivity index (χ2n) is 6.67. The molecule has 2 amide bonds. The van der Waals surface area contributed by atoms with Gasteiger partial charge in [0.15, 0.2) is 0 Å². The molecule has 2 aromatic rings. The van der Waals surface area contributed by atoms with Crippen LogP contribution in [0.5, 0.6) is 0 Å². The third kappa shape index (κ3) is 3.94. The lowest BCUT2D eigenvalue weighted by Crippen LogP contribution is -2.51. The first-order valence-corrected chi connectivity index (χ1v) is 8.98. The van der Waals surface area contributed by atoms with Gasteiger partial charge in [0, 0.05) is 31.4 Å². The van der Waals surface area contributed by atoms with Crippen molar-refractivity contribution in [1.82, 2.24) is 10.2 Å². The van der Waals surface area contributed by atoms with E-state index in [0.29, 0.717) is 12.1 Å². The number of nitrogens with zero attached hydrogens (tertiary/aromatic N) is 2. The van der Waals surface area contributed by atoms with Crippen LogP contribution in [0.15, 0.2) is 54.6 Å². The van der Waals surface area contributed by atoms with E-state index in [0.717, 1.165) is 30.6 Å². The standard InChI is InChI=1S/C21H25N3O2/c1-22-20(25)17-12-10-16(11-13-17)15-23(2)19-9-6-14-24(21(19)26)18-7-4-3-5-8-18/h3-5,7-8,10-13,19H,6,9,14-15H2,1-2H3,(H,22,25). The molecule has 0 bridgehead atoms. The van der Waals surface area contributed by atoms with Gasteiger partial charge in [0.25, 0.3) is 5.91 Å². The molecule has 0 radical (unpaired) electrons. The maximum atomic E-state index is 13.0. The Bertz CT molecular complexity index is 759. The molecule has 1 saturated heterocycles. The van der Waals surface area contributed by atoms with Crippen LogP contribution in [0.4, 0.5) is 5.69 Å². The second-order valence-corrected chi connectivity index (χ2v) is 6.67. The number of hydrogen-bond acceptors (Lipinski definition) is 3. The van der Waals surface area contributed by atoms with Crippen LogP contribution in [0.1, 0.15) is 28.8 Å². The summed E-state index contributed by atoms with van der Waals surface area (Å²) in [6, 6.07) is 17.3. The summed E-state index contributed by atoms with van der Waals surface area (Å²) in [6.45, 7) is 1.45. The fraction of sp³-hybridized carbons (Fsp3) is 0.333. The van der Waals surface area contributed by atoms with Crippen LogP contribution in [-0.2, 0) is 11.3 Å². The van der Waals surface area contributed by atoms with Crippen molar-refractivity contribution in [2.75, 3.05) is 25.5 Å². The van der Waals surface area contributed by atoms with Crippen LogP contribution < -0.4 is 10.2 Å². The molecule has 1 unspecified atom stereocenters. The normalized spacial score (nSPS) is 17.4. The lowest BCUT2D eigenvalue weighted by Gasteiger charge is -2.37. The predicted molar refractivity (Wildman–Crippen MR) is 103 cm³/mol. The molecule has 1 N–H and O–H groups in total. The molecule has 1 heterocycles. The number of likely N-dealkylation sites (N-methyl/N-ethyl adjacent to an activating group) is 1. The molecule has 5 nitrogen and oxygen atoms in total. The Kier molecular flexibility index (Phi) is 5.68. The highest BCUT2D eigenvalue weighted by atomic mass is 16.2. The SMILES string of the molecule is CNC(=O)c1ccc(CN(C)C2CCCN(c3ccccc3)C2=O)cc1. The van der Waals surface area contributed by atoms with Gasteiger partial charge in [-0.15, -0.1) is 0 Å². The summed E-state index contributed by atoms with van der Waals surface area (Å²) in [7, 11) is 3.61. The van der Waals surface area contributed by atoms with Gasteiger partial charge in [-0.2, -0.15) is 0 Å². The first-order valence-electron chi connectivity index (χ1n) is 8.98. The maximum absolute atomic E-state index is 13.0. The van der Waals surface area contributed by atoms with Crippen molar-refractivity contribution in [3.63, 3.8) is 0 Å². The maximum Gasteiger partial charge on any atom is 0.251 e. The molecule has 26 heavy (non-hydrogen) atoms. The van der Waals surface area contributed by atoms with Gasteiger partial charge >= 0.3 is 0 Å². The largest absolute Gasteiger partial charge is 0.355 e. The molecule has 2 aromatic carbocycles. The minimum absolute atomic E-state index is 0.0918. The van der Waals surface area contributed by atoms with Gasteiger partial charge in [0.2, 0.25) is 5.91 Å². The Balaban J connectivity index is 1.68. The zero-order valence-corrected chi connectivity index (χ0v) is 15.3. The number of carbonyl (C=O) groups is 2. The molecular formula is C21H25N3O2. The monoisotopic (exact) mass is 351 g/mol. The minimum Gasteiger partial charge on any atom is -0.355 e. The number of rotatable bonds is 5. The summed E-state index contributed by atoms with van der Waals surface area (Å²) in [6.07, 6.45) is 1.86. The van der Waals surface area contributed by atoms with E-state index in [9.17, 15) is 9.59 Å². The molecule has 1 aliphatic heterocycles. The predicted octanol–water partition coefficient (Wildman–Crippen LogP) is 2.67. The van der Waals surface area contributed by atoms with Crippen LogP contribution in [0.3, 0.4) is 0 Å². The Morgan fingerprint density at radius 2 is 1.85 bits per heavy atom. The van der Waals surface area contributed by atoms with E-state index >= 15 is 0 Å². The minimum atomic E-state index is -0.123. The topological polar surface area (TPSA) is 52.7 Å². The molecule has 0 saturated carbocycles. The summed E-state index contributed by atoms with van der Waals surface area (Å²) in [5.74, 6) is 0.0674. The van der Waals surface area contributed by atoms with E-state index in [1.54, 1.807) is 7.05 Å². The highest BCUT2D eigenvalue weighted by molar-refractivity contribution is 5.98. The van der Waals surface area contributed by atoms with Crippen LogP contribution in [0, 0.1) is 0 Å². The number of piperidine rings is 1. The smallest absolute Gasteiger partial charge is 0.251 e. The van der Waals surface area contributed by atoms with Gasteiger partial charge in [-0.25, -0.2) is 0 Å². The molecule has 0 aromatic heterocycles. The fourth-order valence-electron chi connectivity index (χ4n) is 3.43. The number of anilines is 1. The Labute approximate surface area is 154 Å². The van der Waals surface area contributed by atoms with Gasteiger partial charge in [-0.05, 0) is 49.7 Å². The summed E-state index contributed by atoms with van der Waals surface area (Å²) >= 11 is 0. The van der Waals surface area contributed by atoms with E-state index in [2.05, 4.69) is 10.2 Å². The van der Waals surface area contributed by atoms with Crippen LogP contribution >= 0.6 is 0 Å². The van der Waals surface area contributed by atoms with E-state index in [4.69, 9.17) is 0 Å².